The van der Waals surface area contributed by atoms with Gasteiger partial charge in [-0.2, -0.15) is 4.98 Å². The Morgan fingerprint density at radius 1 is 1.05 bits per heavy atom. The molecule has 12 heteroatoms. The summed E-state index contributed by atoms with van der Waals surface area (Å²) in [6.07, 6.45) is 2.60. The van der Waals surface area contributed by atoms with Crippen molar-refractivity contribution in [1.29, 1.82) is 0 Å². The predicted molar refractivity (Wildman–Crippen MR) is 145 cm³/mol. The van der Waals surface area contributed by atoms with E-state index >= 15 is 0 Å². The van der Waals surface area contributed by atoms with Gasteiger partial charge in [-0.3, -0.25) is 18.9 Å². The molecule has 11 nitrogen and oxygen atoms in total. The number of halogens is 1. The molecule has 5 rings (SSSR count). The minimum atomic E-state index is -0.773. The molecule has 0 aliphatic rings. The van der Waals surface area contributed by atoms with Gasteiger partial charge in [0.1, 0.15) is 5.60 Å². The molecule has 0 spiro atoms. The first-order chi connectivity index (χ1) is 18.0. The number of aromatic nitrogens is 6. The second-order valence-electron chi connectivity index (χ2n) is 9.89. The molecule has 0 unspecified atom stereocenters. The first-order valence-corrected chi connectivity index (χ1v) is 12.2. The van der Waals surface area contributed by atoms with Crippen LogP contribution in [-0.2, 0) is 25.4 Å². The van der Waals surface area contributed by atoms with E-state index in [0.717, 1.165) is 10.3 Å². The maximum Gasteiger partial charge on any atom is 0.419 e. The molecule has 0 aliphatic carbocycles. The number of nitrogens with zero attached hydrogens (tertiary/aromatic N) is 6. The second kappa shape index (κ2) is 9.18. The quantitative estimate of drug-likeness (QED) is 0.369. The summed E-state index contributed by atoms with van der Waals surface area (Å²) in [6, 6.07) is 10.5. The van der Waals surface area contributed by atoms with Crippen LogP contribution in [0.5, 0.6) is 0 Å². The molecule has 0 atom stereocenters. The van der Waals surface area contributed by atoms with Gasteiger partial charge in [-0.05, 0) is 45.0 Å². The summed E-state index contributed by atoms with van der Waals surface area (Å²) in [6.45, 7) is 5.08. The van der Waals surface area contributed by atoms with Crippen molar-refractivity contribution in [3.05, 3.63) is 80.3 Å². The molecule has 0 amide bonds. The summed E-state index contributed by atoms with van der Waals surface area (Å²) in [5.41, 5.74) is 0.0866. The average Bonchev–Trinajstić information content (AvgIpc) is 3.39. The molecule has 196 valence electrons. The van der Waals surface area contributed by atoms with Crippen molar-refractivity contribution in [2.24, 2.45) is 14.1 Å². The highest BCUT2D eigenvalue weighted by Crippen LogP contribution is 2.28. The van der Waals surface area contributed by atoms with E-state index in [1.165, 1.54) is 9.13 Å². The zero-order valence-corrected chi connectivity index (χ0v) is 22.3. The minimum Gasteiger partial charge on any atom is -0.443 e. The van der Waals surface area contributed by atoms with E-state index < -0.39 is 22.9 Å². The second-order valence-corrected chi connectivity index (χ2v) is 10.3. The van der Waals surface area contributed by atoms with Gasteiger partial charge in [-0.1, -0.05) is 23.7 Å². The zero-order valence-electron chi connectivity index (χ0n) is 21.5. The topological polar surface area (TPSA) is 118 Å². The van der Waals surface area contributed by atoms with Gasteiger partial charge in [-0.15, -0.1) is 0 Å². The Balaban J connectivity index is 1.67. The summed E-state index contributed by atoms with van der Waals surface area (Å²) in [7, 11) is 3.23. The molecule has 0 fully saturated rings. The smallest absolute Gasteiger partial charge is 0.419 e. The van der Waals surface area contributed by atoms with Crippen LogP contribution in [-0.4, -0.2) is 39.9 Å². The summed E-state index contributed by atoms with van der Waals surface area (Å²) in [4.78, 5) is 48.8. The molecule has 1 aromatic carbocycles. The number of imidazole rings is 1. The van der Waals surface area contributed by atoms with E-state index in [-0.39, 0.29) is 17.7 Å². The van der Waals surface area contributed by atoms with Crippen LogP contribution in [0, 0.1) is 0 Å². The number of aryl methyl sites for hydroxylation is 2. The van der Waals surface area contributed by atoms with Crippen molar-refractivity contribution in [3.63, 3.8) is 0 Å². The van der Waals surface area contributed by atoms with Crippen molar-refractivity contribution in [3.8, 4) is 0 Å². The van der Waals surface area contributed by atoms with Crippen LogP contribution < -0.4 is 16.6 Å². The van der Waals surface area contributed by atoms with Gasteiger partial charge in [0.2, 0.25) is 5.95 Å². The van der Waals surface area contributed by atoms with Gasteiger partial charge in [0.05, 0.1) is 22.8 Å². The highest BCUT2D eigenvalue weighted by molar-refractivity contribution is 6.35. The number of hydrogen-bond acceptors (Lipinski definition) is 7. The number of carbonyl (C=O) groups excluding carboxylic acids is 1. The number of benzene rings is 1. The number of fused-ring (bicyclic) bond motifs is 2. The lowest BCUT2D eigenvalue weighted by atomic mass is 10.2. The molecule has 0 saturated heterocycles. The fraction of sp³-hybridized carbons (Fsp3) is 0.269. The predicted octanol–water partition coefficient (Wildman–Crippen LogP) is 4.01. The molecular formula is C26H26ClN7O4. The number of para-hydroxylation sites is 1. The van der Waals surface area contributed by atoms with Crippen LogP contribution in [0.15, 0.2) is 58.4 Å². The van der Waals surface area contributed by atoms with Gasteiger partial charge in [0.15, 0.2) is 11.2 Å². The van der Waals surface area contributed by atoms with E-state index in [1.54, 1.807) is 88.2 Å². The van der Waals surface area contributed by atoms with E-state index in [2.05, 4.69) is 15.3 Å². The zero-order chi connectivity index (χ0) is 27.4. The Kier molecular flexibility index (Phi) is 6.10. The average molecular weight is 536 g/mol. The summed E-state index contributed by atoms with van der Waals surface area (Å²) in [5.74, 6) is 0.380. The van der Waals surface area contributed by atoms with Crippen LogP contribution in [0.1, 0.15) is 26.5 Å². The third-order valence-electron chi connectivity index (χ3n) is 6.04. The number of anilines is 2. The van der Waals surface area contributed by atoms with Crippen LogP contribution in [0.2, 0.25) is 5.02 Å². The van der Waals surface area contributed by atoms with E-state index in [0.29, 0.717) is 27.6 Å². The number of ether oxygens (including phenoxy) is 1. The van der Waals surface area contributed by atoms with Crippen LogP contribution in [0.4, 0.5) is 16.4 Å². The summed E-state index contributed by atoms with van der Waals surface area (Å²) >= 11 is 6.46. The normalized spacial score (nSPS) is 11.8. The number of hydrogen-bond donors (Lipinski definition) is 1. The van der Waals surface area contributed by atoms with E-state index in [1.807, 2.05) is 0 Å². The van der Waals surface area contributed by atoms with E-state index in [9.17, 15) is 14.4 Å². The third kappa shape index (κ3) is 4.34. The molecule has 4 aromatic heterocycles. The molecule has 1 N–H and O–H groups in total. The van der Waals surface area contributed by atoms with Gasteiger partial charge in [0, 0.05) is 37.6 Å². The molecule has 0 radical (unpaired) electrons. The molecule has 0 bridgehead atoms. The Morgan fingerprint density at radius 2 is 1.76 bits per heavy atom. The minimum absolute atomic E-state index is 0.190. The highest BCUT2D eigenvalue weighted by Gasteiger charge is 2.25. The van der Waals surface area contributed by atoms with Gasteiger partial charge < -0.3 is 14.6 Å². The third-order valence-corrected chi connectivity index (χ3v) is 6.35. The fourth-order valence-electron chi connectivity index (χ4n) is 4.33. The number of pyridine rings is 1. The first kappa shape index (κ1) is 25.3. The monoisotopic (exact) mass is 535 g/mol. The largest absolute Gasteiger partial charge is 0.443 e. The highest BCUT2D eigenvalue weighted by atomic mass is 35.5. The molecular weight excluding hydrogens is 510 g/mol. The maximum absolute atomic E-state index is 13.7. The Morgan fingerprint density at radius 3 is 2.45 bits per heavy atom. The van der Waals surface area contributed by atoms with Crippen molar-refractivity contribution in [2.45, 2.75) is 32.9 Å². The molecule has 0 saturated carbocycles. The standard InChI is InChI=1S/C26H26ClN7O4/c1-26(2,3)38-25(37)34-17(13-15-7-6-8-18(27)19(15)34)14-33-22(35)20-21(32(5)24(33)36)30-23(31(20)4)29-16-9-11-28-12-10-16/h6-13H,14H2,1-5H3,(H,28,29,30). The van der Waals surface area contributed by atoms with Crippen LogP contribution in [0.25, 0.3) is 22.1 Å². The Labute approximate surface area is 221 Å². The number of nitrogens with one attached hydrogen (secondary N) is 1. The fourth-order valence-corrected chi connectivity index (χ4v) is 4.59. The Hall–Kier alpha value is -4.38. The number of rotatable bonds is 4. The van der Waals surface area contributed by atoms with Crippen molar-refractivity contribution >= 4 is 51.4 Å². The lowest BCUT2D eigenvalue weighted by molar-refractivity contribution is 0.0540. The number of carbonyl (C=O) groups is 1. The summed E-state index contributed by atoms with van der Waals surface area (Å²) < 4.78 is 10.9. The van der Waals surface area contributed by atoms with E-state index in [4.69, 9.17) is 16.3 Å². The van der Waals surface area contributed by atoms with Gasteiger partial charge in [-0.25, -0.2) is 14.2 Å². The van der Waals surface area contributed by atoms with Crippen molar-refractivity contribution < 1.29 is 9.53 Å². The molecule has 38 heavy (non-hydrogen) atoms. The first-order valence-electron chi connectivity index (χ1n) is 11.8. The molecule has 4 heterocycles. The van der Waals surface area contributed by atoms with Crippen LogP contribution >= 0.6 is 11.6 Å². The maximum atomic E-state index is 13.7. The van der Waals surface area contributed by atoms with Crippen molar-refractivity contribution in [2.75, 3.05) is 5.32 Å². The SMILES string of the molecule is Cn1c(Nc2ccncc2)nc2c1c(=O)n(Cc1cc3cccc(Cl)c3n1C(=O)OC(C)(C)C)c(=O)n2C. The van der Waals surface area contributed by atoms with Gasteiger partial charge >= 0.3 is 11.8 Å². The lowest BCUT2D eigenvalue weighted by Crippen LogP contribution is -2.40. The van der Waals surface area contributed by atoms with Crippen molar-refractivity contribution in [1.82, 2.24) is 28.2 Å². The summed E-state index contributed by atoms with van der Waals surface area (Å²) in [5, 5.41) is 4.16. The van der Waals surface area contributed by atoms with Gasteiger partial charge in [0.25, 0.3) is 5.56 Å². The Bertz CT molecular complexity index is 1820. The lowest BCUT2D eigenvalue weighted by Gasteiger charge is -2.21. The van der Waals surface area contributed by atoms with Crippen LogP contribution in [0.3, 0.4) is 0 Å². The molecule has 5 aromatic rings. The molecule has 0 aliphatic heterocycles.